The van der Waals surface area contributed by atoms with E-state index in [1.165, 1.54) is 0 Å². The van der Waals surface area contributed by atoms with Crippen molar-refractivity contribution in [3.8, 4) is 11.5 Å². The number of para-hydroxylation sites is 1. The summed E-state index contributed by atoms with van der Waals surface area (Å²) in [5, 5.41) is 9.89. The molecular weight excluding hydrogens is 200 g/mol. The molecule has 0 aliphatic heterocycles. The van der Waals surface area contributed by atoms with Crippen LogP contribution in [0.4, 0.5) is 0 Å². The Kier molecular flexibility index (Phi) is 3.22. The highest BCUT2D eigenvalue weighted by Gasteiger charge is 2.24. The van der Waals surface area contributed by atoms with Gasteiger partial charge in [-0.1, -0.05) is 32.9 Å². The minimum absolute atomic E-state index is 0.0423. The molecule has 2 heteroatoms. The fourth-order valence-electron chi connectivity index (χ4n) is 1.53. The summed E-state index contributed by atoms with van der Waals surface area (Å²) in [4.78, 5) is 0. The van der Waals surface area contributed by atoms with E-state index in [4.69, 9.17) is 4.74 Å². The van der Waals surface area contributed by atoms with E-state index < -0.39 is 0 Å². The Labute approximate surface area is 98.3 Å². The molecule has 0 fully saturated rings. The van der Waals surface area contributed by atoms with Crippen LogP contribution in [0, 0.1) is 0 Å². The first kappa shape index (κ1) is 12.9. The van der Waals surface area contributed by atoms with E-state index >= 15 is 0 Å². The summed E-state index contributed by atoms with van der Waals surface area (Å²) < 4.78 is 5.84. The summed E-state index contributed by atoms with van der Waals surface area (Å²) in [6.45, 7) is 12.3. The highest BCUT2D eigenvalue weighted by Crippen LogP contribution is 2.39. The first-order valence-corrected chi connectivity index (χ1v) is 5.63. The monoisotopic (exact) mass is 222 g/mol. The van der Waals surface area contributed by atoms with Crippen molar-refractivity contribution < 1.29 is 9.84 Å². The van der Waals surface area contributed by atoms with Crippen LogP contribution in [0.1, 0.15) is 47.1 Å². The first-order chi connectivity index (χ1) is 7.11. The third kappa shape index (κ3) is 3.16. The number of phenols is 1. The highest BCUT2D eigenvalue weighted by molar-refractivity contribution is 5.48. The van der Waals surface area contributed by atoms with Crippen LogP contribution in [-0.4, -0.2) is 10.7 Å². The van der Waals surface area contributed by atoms with Crippen molar-refractivity contribution in [1.82, 2.24) is 0 Å². The number of hydrogen-bond donors (Lipinski definition) is 1. The molecule has 0 aliphatic carbocycles. The van der Waals surface area contributed by atoms with Gasteiger partial charge in [0, 0.05) is 5.56 Å². The molecule has 0 radical (unpaired) electrons. The summed E-state index contributed by atoms with van der Waals surface area (Å²) in [5.74, 6) is 0.810. The topological polar surface area (TPSA) is 29.5 Å². The van der Waals surface area contributed by atoms with Gasteiger partial charge in [0.25, 0.3) is 0 Å². The molecule has 0 spiro atoms. The summed E-state index contributed by atoms with van der Waals surface area (Å²) in [6.07, 6.45) is 0. The van der Waals surface area contributed by atoms with E-state index in [0.717, 1.165) is 5.56 Å². The fourth-order valence-corrected chi connectivity index (χ4v) is 1.53. The van der Waals surface area contributed by atoms with Crippen molar-refractivity contribution in [3.05, 3.63) is 23.8 Å². The standard InChI is InChI=1S/C14H22O2/c1-13(2,3)10-8-7-9-11(15)12(10)16-14(4,5)6/h7-9,15H,1-6H3. The van der Waals surface area contributed by atoms with Crippen molar-refractivity contribution in [2.24, 2.45) is 0 Å². The Hall–Kier alpha value is -1.18. The Morgan fingerprint density at radius 3 is 2.00 bits per heavy atom. The van der Waals surface area contributed by atoms with Gasteiger partial charge < -0.3 is 9.84 Å². The lowest BCUT2D eigenvalue weighted by atomic mass is 9.86. The van der Waals surface area contributed by atoms with Crippen LogP contribution in [0.5, 0.6) is 11.5 Å². The number of aromatic hydroxyl groups is 1. The van der Waals surface area contributed by atoms with Gasteiger partial charge in [0.05, 0.1) is 0 Å². The molecule has 16 heavy (non-hydrogen) atoms. The average molecular weight is 222 g/mol. The minimum Gasteiger partial charge on any atom is -0.504 e. The van der Waals surface area contributed by atoms with Crippen molar-refractivity contribution >= 4 is 0 Å². The number of hydrogen-bond acceptors (Lipinski definition) is 2. The zero-order valence-corrected chi connectivity index (χ0v) is 11.1. The smallest absolute Gasteiger partial charge is 0.165 e. The summed E-state index contributed by atoms with van der Waals surface area (Å²) >= 11 is 0. The van der Waals surface area contributed by atoms with Crippen LogP contribution in [0.15, 0.2) is 18.2 Å². The average Bonchev–Trinajstić information content (AvgIpc) is 2.04. The molecule has 0 aliphatic rings. The van der Waals surface area contributed by atoms with Crippen LogP contribution in [-0.2, 0) is 5.41 Å². The lowest BCUT2D eigenvalue weighted by Gasteiger charge is -2.28. The Morgan fingerprint density at radius 1 is 1.00 bits per heavy atom. The second kappa shape index (κ2) is 4.00. The second-order valence-corrected chi connectivity index (χ2v) is 6.12. The molecule has 1 aromatic carbocycles. The minimum atomic E-state index is -0.307. The van der Waals surface area contributed by atoms with Crippen LogP contribution in [0.2, 0.25) is 0 Å². The SMILES string of the molecule is CC(C)(C)Oc1c(O)cccc1C(C)(C)C. The summed E-state index contributed by atoms with van der Waals surface area (Å²) in [7, 11) is 0. The van der Waals surface area contributed by atoms with Gasteiger partial charge in [0.2, 0.25) is 0 Å². The molecule has 0 heterocycles. The largest absolute Gasteiger partial charge is 0.504 e. The molecule has 90 valence electrons. The van der Waals surface area contributed by atoms with E-state index in [1.807, 2.05) is 32.9 Å². The molecule has 0 saturated heterocycles. The van der Waals surface area contributed by atoms with E-state index in [1.54, 1.807) is 6.07 Å². The van der Waals surface area contributed by atoms with Crippen molar-refractivity contribution in [2.75, 3.05) is 0 Å². The fraction of sp³-hybridized carbons (Fsp3) is 0.571. The van der Waals surface area contributed by atoms with Gasteiger partial charge >= 0.3 is 0 Å². The van der Waals surface area contributed by atoms with Gasteiger partial charge in [-0.3, -0.25) is 0 Å². The summed E-state index contributed by atoms with van der Waals surface area (Å²) in [6, 6.07) is 5.52. The third-order valence-corrected chi connectivity index (χ3v) is 2.21. The van der Waals surface area contributed by atoms with Gasteiger partial charge in [-0.15, -0.1) is 0 Å². The van der Waals surface area contributed by atoms with Gasteiger partial charge in [-0.25, -0.2) is 0 Å². The lowest BCUT2D eigenvalue weighted by molar-refractivity contribution is 0.122. The zero-order chi connectivity index (χ0) is 12.6. The van der Waals surface area contributed by atoms with E-state index in [9.17, 15) is 5.11 Å². The van der Waals surface area contributed by atoms with E-state index in [2.05, 4.69) is 20.8 Å². The summed E-state index contributed by atoms with van der Waals surface area (Å²) in [5.41, 5.74) is 0.681. The highest BCUT2D eigenvalue weighted by atomic mass is 16.5. The molecule has 2 nitrogen and oxygen atoms in total. The van der Waals surface area contributed by atoms with Gasteiger partial charge in [-0.2, -0.15) is 0 Å². The van der Waals surface area contributed by atoms with Crippen LogP contribution in [0.25, 0.3) is 0 Å². The van der Waals surface area contributed by atoms with Gasteiger partial charge in [-0.05, 0) is 32.3 Å². The predicted octanol–water partition coefficient (Wildman–Crippen LogP) is 3.87. The van der Waals surface area contributed by atoms with E-state index in [0.29, 0.717) is 5.75 Å². The molecule has 0 unspecified atom stereocenters. The number of ether oxygens (including phenoxy) is 1. The molecule has 1 rings (SSSR count). The molecule has 1 aromatic rings. The number of benzene rings is 1. The maximum atomic E-state index is 9.89. The Balaban J connectivity index is 3.25. The number of phenolic OH excluding ortho intramolecular Hbond substituents is 1. The molecular formula is C14H22O2. The number of rotatable bonds is 1. The first-order valence-electron chi connectivity index (χ1n) is 5.63. The lowest BCUT2D eigenvalue weighted by Crippen LogP contribution is -2.25. The zero-order valence-electron chi connectivity index (χ0n) is 11.1. The molecule has 0 saturated carbocycles. The van der Waals surface area contributed by atoms with Gasteiger partial charge in [0.15, 0.2) is 11.5 Å². The van der Waals surface area contributed by atoms with Crippen LogP contribution < -0.4 is 4.74 Å². The van der Waals surface area contributed by atoms with Crippen molar-refractivity contribution in [1.29, 1.82) is 0 Å². The molecule has 0 amide bonds. The molecule has 0 atom stereocenters. The van der Waals surface area contributed by atoms with Crippen molar-refractivity contribution in [2.45, 2.75) is 52.6 Å². The maximum absolute atomic E-state index is 9.89. The third-order valence-electron chi connectivity index (χ3n) is 2.21. The van der Waals surface area contributed by atoms with Crippen molar-refractivity contribution in [3.63, 3.8) is 0 Å². The quantitative estimate of drug-likeness (QED) is 0.781. The van der Waals surface area contributed by atoms with E-state index in [-0.39, 0.29) is 16.8 Å². The van der Waals surface area contributed by atoms with Crippen LogP contribution >= 0.6 is 0 Å². The molecule has 0 aromatic heterocycles. The predicted molar refractivity (Wildman–Crippen MR) is 67.2 cm³/mol. The second-order valence-electron chi connectivity index (χ2n) is 6.12. The maximum Gasteiger partial charge on any atom is 0.165 e. The Bertz CT molecular complexity index is 367. The molecule has 0 bridgehead atoms. The van der Waals surface area contributed by atoms with Gasteiger partial charge in [0.1, 0.15) is 5.60 Å². The molecule has 1 N–H and O–H groups in total. The van der Waals surface area contributed by atoms with Crippen LogP contribution in [0.3, 0.4) is 0 Å². The normalized spacial score (nSPS) is 12.6. The Morgan fingerprint density at radius 2 is 1.56 bits per heavy atom.